The highest BCUT2D eigenvalue weighted by Crippen LogP contribution is 2.34. The Bertz CT molecular complexity index is 1070. The van der Waals surface area contributed by atoms with E-state index in [-0.39, 0.29) is 32.2 Å². The maximum absolute atomic E-state index is 12.2. The van der Waals surface area contributed by atoms with Crippen LogP contribution in [0.15, 0.2) is 12.1 Å². The first-order chi connectivity index (χ1) is 17.0. The van der Waals surface area contributed by atoms with Crippen LogP contribution in [0.1, 0.15) is 50.3 Å². The number of alkyl carbamates (subject to hydrolysis) is 1. The Labute approximate surface area is 212 Å². The van der Waals surface area contributed by atoms with Crippen molar-refractivity contribution in [2.75, 3.05) is 37.8 Å². The summed E-state index contributed by atoms with van der Waals surface area (Å²) in [5, 5.41) is 15.2. The second-order valence-electron chi connectivity index (χ2n) is 10.4. The van der Waals surface area contributed by atoms with Gasteiger partial charge >= 0.3 is 12.1 Å². The largest absolute Gasteiger partial charge is 0.480 e. The van der Waals surface area contributed by atoms with E-state index < -0.39 is 33.7 Å². The highest BCUT2D eigenvalue weighted by Gasteiger charge is 2.46. The van der Waals surface area contributed by atoms with Crippen LogP contribution in [0.5, 0.6) is 0 Å². The lowest BCUT2D eigenvalue weighted by Crippen LogP contribution is -2.64. The Hall–Kier alpha value is -2.44. The number of carboxylic acids is 1. The van der Waals surface area contributed by atoms with Crippen molar-refractivity contribution in [3.63, 3.8) is 0 Å². The lowest BCUT2D eigenvalue weighted by molar-refractivity contribution is -0.140. The molecule has 2 aliphatic heterocycles. The van der Waals surface area contributed by atoms with E-state index in [0.717, 1.165) is 62.8 Å². The number of hydrogen-bond acceptors (Lipinski definition) is 8. The summed E-state index contributed by atoms with van der Waals surface area (Å²) < 4.78 is 35.3. The molecule has 3 N–H and O–H groups in total. The van der Waals surface area contributed by atoms with Crippen molar-refractivity contribution in [2.45, 2.75) is 69.6 Å². The molecule has 1 aromatic rings. The topological polar surface area (TPSA) is 147 Å². The maximum atomic E-state index is 12.2. The summed E-state index contributed by atoms with van der Waals surface area (Å²) in [5.41, 5.74) is 1.42. The Morgan fingerprint density at radius 2 is 2.08 bits per heavy atom. The smallest absolute Gasteiger partial charge is 0.408 e. The third kappa shape index (κ3) is 6.86. The first-order valence-electron chi connectivity index (χ1n) is 12.5. The molecule has 1 amide bonds. The number of amides is 1. The predicted molar refractivity (Wildman–Crippen MR) is 132 cm³/mol. The molecule has 1 aliphatic carbocycles. The van der Waals surface area contributed by atoms with Gasteiger partial charge in [0.1, 0.15) is 17.5 Å². The minimum Gasteiger partial charge on any atom is -0.480 e. The van der Waals surface area contributed by atoms with Gasteiger partial charge < -0.3 is 25.2 Å². The fourth-order valence-corrected chi connectivity index (χ4v) is 5.93. The summed E-state index contributed by atoms with van der Waals surface area (Å²) in [6.45, 7) is 2.89. The zero-order chi connectivity index (χ0) is 25.9. The van der Waals surface area contributed by atoms with E-state index in [1.807, 2.05) is 0 Å². The highest BCUT2D eigenvalue weighted by atomic mass is 32.2. The molecule has 0 spiro atoms. The molecular formula is C24H36N4O7S. The number of aryl methyl sites for hydroxylation is 2. The Kier molecular flexibility index (Phi) is 8.06. The van der Waals surface area contributed by atoms with Gasteiger partial charge in [0.05, 0.1) is 25.4 Å². The molecule has 1 aromatic heterocycles. The molecular weight excluding hydrogens is 488 g/mol. The third-order valence-electron chi connectivity index (χ3n) is 7.13. The van der Waals surface area contributed by atoms with Gasteiger partial charge in [-0.05, 0) is 63.0 Å². The standard InChI is InChI=1S/C24H36N4O7S/c1-24(14-28(15-24)36(2,32)33)35-23(31)27-20(22(29)30)9-11-34-19-12-16(13-19)5-7-18-8-6-17-4-3-10-25-21(17)26-18/h6,8,16,19-20H,3-5,7,9-15H2,1-2H3,(H,25,26)(H,27,31)(H,29,30)/t16?,19?,20-/m0/s1. The first kappa shape index (κ1) is 26.6. The van der Waals surface area contributed by atoms with Crippen LogP contribution >= 0.6 is 0 Å². The van der Waals surface area contributed by atoms with Gasteiger partial charge in [0.15, 0.2) is 0 Å². The van der Waals surface area contributed by atoms with E-state index in [2.05, 4.69) is 22.8 Å². The fourth-order valence-electron chi connectivity index (χ4n) is 4.91. The van der Waals surface area contributed by atoms with E-state index in [9.17, 15) is 23.1 Å². The van der Waals surface area contributed by atoms with Crippen LogP contribution in [0, 0.1) is 5.92 Å². The van der Waals surface area contributed by atoms with Crippen LogP contribution in [0.4, 0.5) is 10.6 Å². The number of hydrogen-bond donors (Lipinski definition) is 3. The molecule has 3 aliphatic rings. The van der Waals surface area contributed by atoms with Crippen LogP contribution in [0.3, 0.4) is 0 Å². The zero-order valence-electron chi connectivity index (χ0n) is 20.9. The molecule has 1 atom stereocenters. The molecule has 0 aromatic carbocycles. The summed E-state index contributed by atoms with van der Waals surface area (Å²) in [5.74, 6) is 0.418. The average Bonchev–Trinajstić information content (AvgIpc) is 2.76. The number of carboxylic acid groups (broad SMARTS) is 1. The molecule has 0 unspecified atom stereocenters. The van der Waals surface area contributed by atoms with Crippen LogP contribution in [0.2, 0.25) is 0 Å². The van der Waals surface area contributed by atoms with Gasteiger partial charge in [0.25, 0.3) is 0 Å². The lowest BCUT2D eigenvalue weighted by atomic mass is 9.79. The lowest BCUT2D eigenvalue weighted by Gasteiger charge is -2.45. The number of fused-ring (bicyclic) bond motifs is 1. The molecule has 3 heterocycles. The Morgan fingerprint density at radius 3 is 2.78 bits per heavy atom. The van der Waals surface area contributed by atoms with E-state index in [1.165, 1.54) is 9.87 Å². The number of aliphatic carboxylic acids is 1. The number of ether oxygens (including phenoxy) is 2. The van der Waals surface area contributed by atoms with Gasteiger partial charge in [-0.15, -0.1) is 0 Å². The van der Waals surface area contributed by atoms with Gasteiger partial charge in [-0.3, -0.25) is 0 Å². The molecule has 2 fully saturated rings. The normalized spacial score (nSPS) is 23.8. The number of anilines is 1. The first-order valence-corrected chi connectivity index (χ1v) is 14.4. The average molecular weight is 525 g/mol. The molecule has 36 heavy (non-hydrogen) atoms. The minimum atomic E-state index is -3.35. The molecule has 4 rings (SSSR count). The predicted octanol–water partition coefficient (Wildman–Crippen LogP) is 1.77. The van der Waals surface area contributed by atoms with Gasteiger partial charge in [0.2, 0.25) is 10.0 Å². The number of rotatable bonds is 11. The van der Waals surface area contributed by atoms with Crippen LogP contribution in [0.25, 0.3) is 0 Å². The van der Waals surface area contributed by atoms with Crippen molar-refractivity contribution in [3.05, 3.63) is 23.4 Å². The third-order valence-corrected chi connectivity index (χ3v) is 8.33. The summed E-state index contributed by atoms with van der Waals surface area (Å²) in [7, 11) is -3.35. The quantitative estimate of drug-likeness (QED) is 0.394. The monoisotopic (exact) mass is 524 g/mol. The summed E-state index contributed by atoms with van der Waals surface area (Å²) in [6, 6.07) is 3.15. The van der Waals surface area contributed by atoms with Gasteiger partial charge in [-0.1, -0.05) is 6.07 Å². The molecule has 11 nitrogen and oxygen atoms in total. The fraction of sp³-hybridized carbons (Fsp3) is 0.708. The molecule has 12 heteroatoms. The Morgan fingerprint density at radius 1 is 1.33 bits per heavy atom. The van der Waals surface area contributed by atoms with Gasteiger partial charge in [-0.25, -0.2) is 23.0 Å². The Balaban J connectivity index is 1.11. The number of sulfonamides is 1. The zero-order valence-corrected chi connectivity index (χ0v) is 21.7. The second-order valence-corrected chi connectivity index (χ2v) is 12.4. The summed E-state index contributed by atoms with van der Waals surface area (Å²) >= 11 is 0. The molecule has 1 saturated heterocycles. The van der Waals surface area contributed by atoms with Crippen LogP contribution in [-0.4, -0.2) is 85.1 Å². The molecule has 200 valence electrons. The van der Waals surface area contributed by atoms with Crippen molar-refractivity contribution in [2.24, 2.45) is 5.92 Å². The second kappa shape index (κ2) is 10.9. The molecule has 1 saturated carbocycles. The van der Waals surface area contributed by atoms with Crippen molar-refractivity contribution >= 4 is 27.9 Å². The van der Waals surface area contributed by atoms with Crippen LogP contribution < -0.4 is 10.6 Å². The summed E-state index contributed by atoms with van der Waals surface area (Å²) in [4.78, 5) is 28.5. The van der Waals surface area contributed by atoms with Crippen molar-refractivity contribution in [1.82, 2.24) is 14.6 Å². The van der Waals surface area contributed by atoms with Crippen molar-refractivity contribution in [3.8, 4) is 0 Å². The van der Waals surface area contributed by atoms with Gasteiger partial charge in [0, 0.05) is 25.3 Å². The highest BCUT2D eigenvalue weighted by molar-refractivity contribution is 7.88. The van der Waals surface area contributed by atoms with E-state index in [0.29, 0.717) is 5.92 Å². The van der Waals surface area contributed by atoms with E-state index in [4.69, 9.17) is 14.5 Å². The van der Waals surface area contributed by atoms with Crippen molar-refractivity contribution in [1.29, 1.82) is 0 Å². The number of carbonyl (C=O) groups excluding carboxylic acids is 1. The van der Waals surface area contributed by atoms with E-state index >= 15 is 0 Å². The summed E-state index contributed by atoms with van der Waals surface area (Å²) in [6.07, 6.45) is 6.50. The molecule has 0 bridgehead atoms. The minimum absolute atomic E-state index is 0.0440. The van der Waals surface area contributed by atoms with E-state index in [1.54, 1.807) is 6.92 Å². The SMILES string of the molecule is CC1(OC(=O)N[C@@H](CCOC2CC(CCc3ccc4c(n3)NCCC4)C2)C(=O)O)CN(S(C)(=O)=O)C1. The van der Waals surface area contributed by atoms with Crippen molar-refractivity contribution < 1.29 is 32.6 Å². The van der Waals surface area contributed by atoms with Crippen LogP contribution in [-0.2, 0) is 37.1 Å². The number of carbonyl (C=O) groups is 2. The number of nitrogens with zero attached hydrogens (tertiary/aromatic N) is 2. The van der Waals surface area contributed by atoms with Gasteiger partial charge in [-0.2, -0.15) is 4.31 Å². The number of aromatic nitrogens is 1. The molecule has 0 radical (unpaired) electrons. The maximum Gasteiger partial charge on any atom is 0.408 e. The number of nitrogens with one attached hydrogen (secondary N) is 2. The number of pyridine rings is 1.